The van der Waals surface area contributed by atoms with Crippen LogP contribution in [0.15, 0.2) is 18.2 Å². The molecule has 0 atom stereocenters. The zero-order chi connectivity index (χ0) is 14.2. The third-order valence-electron chi connectivity index (χ3n) is 3.53. The molecule has 1 amide bonds. The van der Waals surface area contributed by atoms with Crippen molar-refractivity contribution in [3.05, 3.63) is 40.6 Å². The summed E-state index contributed by atoms with van der Waals surface area (Å²) in [6.45, 7) is 5.89. The topological polar surface area (TPSA) is 68.1 Å². The van der Waals surface area contributed by atoms with Crippen molar-refractivity contribution in [2.75, 3.05) is 7.11 Å². The van der Waals surface area contributed by atoms with Gasteiger partial charge in [0, 0.05) is 17.0 Å². The van der Waals surface area contributed by atoms with E-state index in [1.54, 1.807) is 13.2 Å². The number of rotatable bonds is 3. The van der Waals surface area contributed by atoms with E-state index in [-0.39, 0.29) is 0 Å². The van der Waals surface area contributed by atoms with E-state index in [0.717, 1.165) is 33.8 Å². The van der Waals surface area contributed by atoms with Crippen molar-refractivity contribution in [3.8, 4) is 17.0 Å². The van der Waals surface area contributed by atoms with E-state index in [4.69, 9.17) is 10.5 Å². The molecule has 0 fully saturated rings. The lowest BCUT2D eigenvalue weighted by atomic mass is 10.00. The van der Waals surface area contributed by atoms with Crippen LogP contribution in [0.25, 0.3) is 11.3 Å². The summed E-state index contributed by atoms with van der Waals surface area (Å²) in [5, 5.41) is 0. The number of carbonyl (C=O) groups is 1. The lowest BCUT2D eigenvalue weighted by Crippen LogP contribution is -2.10. The van der Waals surface area contributed by atoms with Crippen LogP contribution in [0.1, 0.15) is 27.2 Å². The molecule has 0 spiro atoms. The number of H-pyrrole nitrogens is 1. The van der Waals surface area contributed by atoms with Gasteiger partial charge >= 0.3 is 0 Å². The molecule has 3 N–H and O–H groups in total. The van der Waals surface area contributed by atoms with Gasteiger partial charge in [-0.25, -0.2) is 0 Å². The first-order chi connectivity index (χ1) is 8.95. The smallest absolute Gasteiger partial charge is 0.250 e. The van der Waals surface area contributed by atoms with Crippen LogP contribution >= 0.6 is 0 Å². The summed E-state index contributed by atoms with van der Waals surface area (Å²) < 4.78 is 5.30. The van der Waals surface area contributed by atoms with Gasteiger partial charge in [0.2, 0.25) is 0 Å². The summed E-state index contributed by atoms with van der Waals surface area (Å²) >= 11 is 0. The van der Waals surface area contributed by atoms with Crippen LogP contribution in [0, 0.1) is 20.8 Å². The van der Waals surface area contributed by atoms with Crippen LogP contribution in [0.3, 0.4) is 0 Å². The van der Waals surface area contributed by atoms with Gasteiger partial charge in [-0.2, -0.15) is 0 Å². The normalized spacial score (nSPS) is 10.5. The van der Waals surface area contributed by atoms with E-state index in [1.807, 2.05) is 32.9 Å². The summed E-state index contributed by atoms with van der Waals surface area (Å²) in [6.07, 6.45) is 0. The largest absolute Gasteiger partial charge is 0.496 e. The predicted octanol–water partition coefficient (Wildman–Crippen LogP) is 2.71. The lowest BCUT2D eigenvalue weighted by Gasteiger charge is -2.11. The van der Waals surface area contributed by atoms with E-state index >= 15 is 0 Å². The second kappa shape index (κ2) is 4.80. The van der Waals surface area contributed by atoms with Crippen molar-refractivity contribution in [2.45, 2.75) is 20.8 Å². The number of aryl methyl sites for hydroxylation is 1. The molecule has 0 aliphatic rings. The average Bonchev–Trinajstić information content (AvgIpc) is 2.74. The van der Waals surface area contributed by atoms with Gasteiger partial charge in [0.25, 0.3) is 5.91 Å². The molecule has 0 unspecified atom stereocenters. The van der Waals surface area contributed by atoms with E-state index in [1.165, 1.54) is 0 Å². The van der Waals surface area contributed by atoms with Crippen LogP contribution in [0.2, 0.25) is 0 Å². The predicted molar refractivity (Wildman–Crippen MR) is 75.5 cm³/mol. The minimum Gasteiger partial charge on any atom is -0.496 e. The molecule has 0 aliphatic carbocycles. The fourth-order valence-electron chi connectivity index (χ4n) is 2.27. The van der Waals surface area contributed by atoms with Crippen molar-refractivity contribution in [1.82, 2.24) is 4.98 Å². The number of methoxy groups -OCH3 is 1. The number of aromatic nitrogens is 1. The molecule has 4 nitrogen and oxygen atoms in total. The summed E-state index contributed by atoms with van der Waals surface area (Å²) in [7, 11) is 1.66. The molecular formula is C15H18N2O2. The van der Waals surface area contributed by atoms with Crippen LogP contribution < -0.4 is 10.5 Å². The molecule has 0 aliphatic heterocycles. The number of hydrogen-bond donors (Lipinski definition) is 2. The Hall–Kier alpha value is -2.23. The fraction of sp³-hybridized carbons (Fsp3) is 0.267. The summed E-state index contributed by atoms with van der Waals surface area (Å²) in [5.41, 5.74) is 10.8. The van der Waals surface area contributed by atoms with Crippen molar-refractivity contribution in [3.63, 3.8) is 0 Å². The summed E-state index contributed by atoms with van der Waals surface area (Å²) in [6, 6.07) is 5.71. The van der Waals surface area contributed by atoms with Crippen molar-refractivity contribution < 1.29 is 9.53 Å². The summed E-state index contributed by atoms with van der Waals surface area (Å²) in [5.74, 6) is 0.447. The molecule has 0 saturated heterocycles. The van der Waals surface area contributed by atoms with E-state index in [9.17, 15) is 4.79 Å². The first kappa shape index (κ1) is 13.2. The number of nitrogens with two attached hydrogens (primary N) is 1. The molecule has 1 heterocycles. The Kier molecular flexibility index (Phi) is 3.34. The third-order valence-corrected chi connectivity index (χ3v) is 3.53. The lowest BCUT2D eigenvalue weighted by molar-refractivity contribution is 0.1000. The van der Waals surface area contributed by atoms with Crippen molar-refractivity contribution >= 4 is 5.91 Å². The van der Waals surface area contributed by atoms with Crippen LogP contribution in [-0.2, 0) is 0 Å². The Morgan fingerprint density at radius 2 is 1.89 bits per heavy atom. The maximum atomic E-state index is 11.3. The highest BCUT2D eigenvalue weighted by Gasteiger charge is 2.14. The monoisotopic (exact) mass is 258 g/mol. The standard InChI is InChI=1S/C15H18N2O2/c1-8-9(2)14(19-4)6-5-11(8)13-7-12(15(16)18)10(3)17-13/h5-7,17H,1-4H3,(H2,16,18). The van der Waals surface area contributed by atoms with Gasteiger partial charge in [-0.05, 0) is 50.1 Å². The zero-order valence-electron chi connectivity index (χ0n) is 11.6. The molecule has 0 saturated carbocycles. The molecule has 2 rings (SSSR count). The Balaban J connectivity index is 2.57. The molecule has 1 aromatic carbocycles. The Morgan fingerprint density at radius 3 is 2.42 bits per heavy atom. The Morgan fingerprint density at radius 1 is 1.21 bits per heavy atom. The highest BCUT2D eigenvalue weighted by atomic mass is 16.5. The first-order valence-corrected chi connectivity index (χ1v) is 6.09. The number of carbonyl (C=O) groups excluding carboxylic acids is 1. The maximum absolute atomic E-state index is 11.3. The number of nitrogens with one attached hydrogen (secondary N) is 1. The van der Waals surface area contributed by atoms with Gasteiger partial charge in [0.15, 0.2) is 0 Å². The van der Waals surface area contributed by atoms with Gasteiger partial charge in [-0.3, -0.25) is 4.79 Å². The summed E-state index contributed by atoms with van der Waals surface area (Å²) in [4.78, 5) is 14.5. The molecule has 0 bridgehead atoms. The third kappa shape index (κ3) is 2.21. The van der Waals surface area contributed by atoms with Gasteiger partial charge in [0.05, 0.1) is 12.7 Å². The van der Waals surface area contributed by atoms with Gasteiger partial charge in [-0.1, -0.05) is 0 Å². The Labute approximate surface area is 112 Å². The average molecular weight is 258 g/mol. The second-order valence-electron chi connectivity index (χ2n) is 4.65. The van der Waals surface area contributed by atoms with Gasteiger partial charge < -0.3 is 15.5 Å². The quantitative estimate of drug-likeness (QED) is 0.888. The SMILES string of the molecule is COc1ccc(-c2cc(C(N)=O)c(C)[nH]2)c(C)c1C. The van der Waals surface area contributed by atoms with E-state index < -0.39 is 5.91 Å². The second-order valence-corrected chi connectivity index (χ2v) is 4.65. The number of ether oxygens (including phenoxy) is 1. The van der Waals surface area contributed by atoms with Crippen LogP contribution in [-0.4, -0.2) is 18.0 Å². The Bertz CT molecular complexity index is 642. The number of primary amides is 1. The maximum Gasteiger partial charge on any atom is 0.250 e. The highest BCUT2D eigenvalue weighted by Crippen LogP contribution is 2.31. The highest BCUT2D eigenvalue weighted by molar-refractivity contribution is 5.95. The molecule has 1 aromatic heterocycles. The zero-order valence-corrected chi connectivity index (χ0v) is 11.6. The van der Waals surface area contributed by atoms with Gasteiger partial charge in [-0.15, -0.1) is 0 Å². The number of benzene rings is 1. The van der Waals surface area contributed by atoms with Crippen LogP contribution in [0.4, 0.5) is 0 Å². The molecule has 0 radical (unpaired) electrons. The number of aromatic amines is 1. The fourth-order valence-corrected chi connectivity index (χ4v) is 2.27. The molecule has 100 valence electrons. The van der Waals surface area contributed by atoms with E-state index in [0.29, 0.717) is 5.56 Å². The molecule has 2 aromatic rings. The molecule has 19 heavy (non-hydrogen) atoms. The van der Waals surface area contributed by atoms with Crippen molar-refractivity contribution in [2.24, 2.45) is 5.73 Å². The minimum absolute atomic E-state index is 0.414. The molecular weight excluding hydrogens is 240 g/mol. The minimum atomic E-state index is -0.414. The first-order valence-electron chi connectivity index (χ1n) is 6.09. The van der Waals surface area contributed by atoms with E-state index in [2.05, 4.69) is 4.98 Å². The van der Waals surface area contributed by atoms with Gasteiger partial charge in [0.1, 0.15) is 5.75 Å². The van der Waals surface area contributed by atoms with Crippen molar-refractivity contribution in [1.29, 1.82) is 0 Å². The number of hydrogen-bond acceptors (Lipinski definition) is 2. The van der Waals surface area contributed by atoms with Crippen LogP contribution in [0.5, 0.6) is 5.75 Å². The number of amides is 1. The molecule has 4 heteroatoms.